The minimum atomic E-state index is -0.0461. The highest BCUT2D eigenvalue weighted by Crippen LogP contribution is 2.29. The van der Waals surface area contributed by atoms with Gasteiger partial charge in [0, 0.05) is 35.4 Å². The Morgan fingerprint density at radius 3 is 2.61 bits per heavy atom. The van der Waals surface area contributed by atoms with Gasteiger partial charge in [0.2, 0.25) is 10.9 Å². The van der Waals surface area contributed by atoms with Gasteiger partial charge in [-0.15, -0.1) is 11.3 Å². The Kier molecular flexibility index (Phi) is 6.81. The first-order valence-corrected chi connectivity index (χ1v) is 10.7. The van der Waals surface area contributed by atoms with Gasteiger partial charge in [0.15, 0.2) is 0 Å². The first kappa shape index (κ1) is 22.6. The number of methoxy groups -OCH3 is 1. The highest BCUT2D eigenvalue weighted by atomic mass is 32.1. The van der Waals surface area contributed by atoms with Gasteiger partial charge in [-0.25, -0.2) is 30.4 Å². The number of aryl methyl sites for hydroxylation is 1. The maximum atomic E-state index is 5.45. The lowest BCUT2D eigenvalue weighted by Crippen LogP contribution is -2.33. The van der Waals surface area contributed by atoms with E-state index in [9.17, 15) is 0 Å². The quantitative estimate of drug-likeness (QED) is 0.425. The zero-order valence-corrected chi connectivity index (χ0v) is 19.7. The highest BCUT2D eigenvalue weighted by Gasteiger charge is 2.17. The van der Waals surface area contributed by atoms with Crippen LogP contribution in [0.25, 0.3) is 17.2 Å². The fraction of sp³-hybridized carbons (Fsp3) is 0.381. The van der Waals surface area contributed by atoms with Crippen molar-refractivity contribution in [1.29, 1.82) is 0 Å². The van der Waals surface area contributed by atoms with Crippen molar-refractivity contribution >= 4 is 22.2 Å². The summed E-state index contributed by atoms with van der Waals surface area (Å²) in [4.78, 5) is 22.6. The molecule has 0 amide bonds. The van der Waals surface area contributed by atoms with E-state index in [1.807, 2.05) is 38.5 Å². The minimum absolute atomic E-state index is 0.0461. The van der Waals surface area contributed by atoms with E-state index < -0.39 is 0 Å². The van der Waals surface area contributed by atoms with Crippen LogP contribution in [0.4, 0.5) is 5.13 Å². The summed E-state index contributed by atoms with van der Waals surface area (Å²) in [6, 6.07) is 0. The van der Waals surface area contributed by atoms with Crippen LogP contribution in [0.2, 0.25) is 0 Å². The third-order valence-corrected chi connectivity index (χ3v) is 5.05. The van der Waals surface area contributed by atoms with Crippen LogP contribution in [0.15, 0.2) is 40.9 Å². The standard InChI is InChI=1S/C21H28N8OS/c1-13(8-17(28-22-6)21(3,4)5)25-20-27-16(11-31-20)15-9-23-18(19(26-15)30-7)29-10-14(2)24-12-29/h8-12,22,28H,1-7H3. The molecule has 3 aromatic heterocycles. The molecule has 3 rings (SSSR count). The van der Waals surface area contributed by atoms with E-state index >= 15 is 0 Å². The number of nitrogens with zero attached hydrogens (tertiary/aromatic N) is 6. The molecule has 0 aliphatic rings. The van der Waals surface area contributed by atoms with Gasteiger partial charge in [-0.05, 0) is 19.9 Å². The average Bonchev–Trinajstić information content (AvgIpc) is 3.35. The van der Waals surface area contributed by atoms with E-state index in [0.29, 0.717) is 28.2 Å². The van der Waals surface area contributed by atoms with Crippen molar-refractivity contribution in [3.05, 3.63) is 41.6 Å². The van der Waals surface area contributed by atoms with Crippen molar-refractivity contribution in [3.63, 3.8) is 0 Å². The van der Waals surface area contributed by atoms with Gasteiger partial charge in [-0.3, -0.25) is 4.57 Å². The Bertz CT molecular complexity index is 1110. The van der Waals surface area contributed by atoms with E-state index in [4.69, 9.17) is 4.74 Å². The molecule has 0 aliphatic carbocycles. The molecule has 0 bridgehead atoms. The number of aromatic nitrogens is 5. The lowest BCUT2D eigenvalue weighted by Gasteiger charge is -2.24. The van der Waals surface area contributed by atoms with Gasteiger partial charge in [0.25, 0.3) is 5.88 Å². The largest absolute Gasteiger partial charge is 0.478 e. The SMILES string of the molecule is CNNC(=CC(C)=Nc1nc(-c2cnc(-n3cnc(C)c3)c(OC)n2)cs1)C(C)(C)C. The predicted molar refractivity (Wildman–Crippen MR) is 124 cm³/mol. The molecule has 10 heteroatoms. The molecule has 0 unspecified atom stereocenters. The molecule has 0 saturated heterocycles. The number of aliphatic imine (C=N–C) groups is 1. The fourth-order valence-electron chi connectivity index (χ4n) is 2.74. The van der Waals surface area contributed by atoms with Gasteiger partial charge in [0.1, 0.15) is 17.7 Å². The smallest absolute Gasteiger partial charge is 0.258 e. The molecule has 3 aromatic rings. The third-order valence-electron chi connectivity index (χ3n) is 4.32. The van der Waals surface area contributed by atoms with Gasteiger partial charge in [-0.1, -0.05) is 20.8 Å². The maximum absolute atomic E-state index is 5.45. The molecule has 2 N–H and O–H groups in total. The van der Waals surface area contributed by atoms with Crippen molar-refractivity contribution < 1.29 is 4.74 Å². The van der Waals surface area contributed by atoms with Crippen LogP contribution < -0.4 is 15.6 Å². The van der Waals surface area contributed by atoms with Crippen LogP contribution in [0, 0.1) is 12.3 Å². The molecule has 3 heterocycles. The Balaban J connectivity index is 1.87. The van der Waals surface area contributed by atoms with Crippen molar-refractivity contribution in [2.24, 2.45) is 10.4 Å². The molecule has 0 radical (unpaired) electrons. The summed E-state index contributed by atoms with van der Waals surface area (Å²) in [6.07, 6.45) is 7.24. The van der Waals surface area contributed by atoms with E-state index in [-0.39, 0.29) is 5.41 Å². The van der Waals surface area contributed by atoms with E-state index in [2.05, 4.69) is 56.6 Å². The van der Waals surface area contributed by atoms with Crippen molar-refractivity contribution in [1.82, 2.24) is 35.4 Å². The Morgan fingerprint density at radius 2 is 2.00 bits per heavy atom. The van der Waals surface area contributed by atoms with Crippen LogP contribution in [0.3, 0.4) is 0 Å². The lowest BCUT2D eigenvalue weighted by molar-refractivity contribution is 0.394. The Hall–Kier alpha value is -3.11. The van der Waals surface area contributed by atoms with Gasteiger partial charge < -0.3 is 10.2 Å². The summed E-state index contributed by atoms with van der Waals surface area (Å²) < 4.78 is 7.23. The monoisotopic (exact) mass is 440 g/mol. The second-order valence-corrected chi connectivity index (χ2v) is 8.80. The number of thiazole rings is 1. The van der Waals surface area contributed by atoms with Crippen LogP contribution in [0.5, 0.6) is 5.88 Å². The lowest BCUT2D eigenvalue weighted by atomic mass is 9.91. The van der Waals surface area contributed by atoms with Crippen molar-refractivity contribution in [3.8, 4) is 23.1 Å². The molecular weight excluding hydrogens is 412 g/mol. The first-order valence-electron chi connectivity index (χ1n) is 9.79. The number of rotatable bonds is 7. The second kappa shape index (κ2) is 9.36. The van der Waals surface area contributed by atoms with Gasteiger partial charge in [0.05, 0.1) is 19.0 Å². The summed E-state index contributed by atoms with van der Waals surface area (Å²) in [6.45, 7) is 10.3. The minimum Gasteiger partial charge on any atom is -0.478 e. The summed E-state index contributed by atoms with van der Waals surface area (Å²) in [7, 11) is 3.41. The normalized spacial score (nSPS) is 12.9. The number of hydrogen-bond donors (Lipinski definition) is 2. The highest BCUT2D eigenvalue weighted by molar-refractivity contribution is 7.13. The number of ether oxygens (including phenoxy) is 1. The van der Waals surface area contributed by atoms with Crippen LogP contribution in [-0.4, -0.2) is 44.4 Å². The number of imidazole rings is 1. The van der Waals surface area contributed by atoms with Crippen LogP contribution in [-0.2, 0) is 0 Å². The van der Waals surface area contributed by atoms with Crippen molar-refractivity contribution in [2.75, 3.05) is 14.2 Å². The fourth-order valence-corrected chi connectivity index (χ4v) is 3.48. The van der Waals surface area contributed by atoms with Gasteiger partial charge >= 0.3 is 0 Å². The molecule has 0 atom stereocenters. The predicted octanol–water partition coefficient (Wildman–Crippen LogP) is 3.85. The Labute approximate surface area is 186 Å². The third kappa shape index (κ3) is 5.53. The second-order valence-electron chi connectivity index (χ2n) is 7.96. The van der Waals surface area contributed by atoms with Crippen LogP contribution in [0.1, 0.15) is 33.4 Å². The Morgan fingerprint density at radius 1 is 1.23 bits per heavy atom. The van der Waals surface area contributed by atoms with E-state index in [1.54, 1.807) is 24.2 Å². The topological polar surface area (TPSA) is 102 Å². The molecule has 0 spiro atoms. The average molecular weight is 441 g/mol. The molecule has 0 saturated carbocycles. The van der Waals surface area contributed by atoms with E-state index in [1.165, 1.54) is 11.3 Å². The zero-order valence-electron chi connectivity index (χ0n) is 18.9. The first-order chi connectivity index (χ1) is 14.7. The van der Waals surface area contributed by atoms with Crippen molar-refractivity contribution in [2.45, 2.75) is 34.6 Å². The molecular formula is C21H28N8OS. The molecule has 164 valence electrons. The van der Waals surface area contributed by atoms with Gasteiger partial charge in [-0.2, -0.15) is 0 Å². The molecule has 31 heavy (non-hydrogen) atoms. The number of hydrazine groups is 1. The van der Waals surface area contributed by atoms with E-state index in [0.717, 1.165) is 17.1 Å². The zero-order chi connectivity index (χ0) is 22.6. The molecule has 9 nitrogen and oxygen atoms in total. The summed E-state index contributed by atoms with van der Waals surface area (Å²) >= 11 is 1.45. The number of allylic oxidation sites excluding steroid dienone is 2. The molecule has 0 aromatic carbocycles. The maximum Gasteiger partial charge on any atom is 0.258 e. The summed E-state index contributed by atoms with van der Waals surface area (Å²) in [5, 5.41) is 2.56. The summed E-state index contributed by atoms with van der Waals surface area (Å²) in [5.41, 5.74) is 10.2. The molecule has 0 fully saturated rings. The number of nitrogens with one attached hydrogen (secondary N) is 2. The number of hydrogen-bond acceptors (Lipinski definition) is 9. The van der Waals surface area contributed by atoms with Crippen LogP contribution >= 0.6 is 11.3 Å². The molecule has 0 aliphatic heterocycles. The summed E-state index contributed by atoms with van der Waals surface area (Å²) in [5.74, 6) is 0.980.